The van der Waals surface area contributed by atoms with Crippen LogP contribution in [0.2, 0.25) is 0 Å². The van der Waals surface area contributed by atoms with Crippen LogP contribution in [-0.2, 0) is 0 Å². The van der Waals surface area contributed by atoms with Crippen molar-refractivity contribution in [1.29, 1.82) is 0 Å². The summed E-state index contributed by atoms with van der Waals surface area (Å²) in [4.78, 5) is 50.1. The summed E-state index contributed by atoms with van der Waals surface area (Å²) < 4.78 is 0. The predicted molar refractivity (Wildman–Crippen MR) is 114 cm³/mol. The molecule has 1 aliphatic rings. The molecule has 0 unspecified atom stereocenters. The number of imide groups is 1. The lowest BCUT2D eigenvalue weighted by Crippen LogP contribution is -2.42. The molecule has 2 aromatic carbocycles. The van der Waals surface area contributed by atoms with Gasteiger partial charge in [0.05, 0.1) is 16.7 Å². The van der Waals surface area contributed by atoms with E-state index in [-0.39, 0.29) is 29.4 Å². The molecular weight excluding hydrogens is 380 g/mol. The number of hydrogen-bond acceptors (Lipinski definition) is 5. The molecule has 30 heavy (non-hydrogen) atoms. The van der Waals surface area contributed by atoms with Gasteiger partial charge < -0.3 is 4.90 Å². The Hall–Kier alpha value is -3.61. The number of para-hydroxylation sites is 2. The minimum Gasteiger partial charge on any atom is -0.334 e. The van der Waals surface area contributed by atoms with Gasteiger partial charge >= 0.3 is 0 Å². The zero-order valence-electron chi connectivity index (χ0n) is 17.3. The van der Waals surface area contributed by atoms with Crippen molar-refractivity contribution in [3.63, 3.8) is 0 Å². The highest BCUT2D eigenvalue weighted by molar-refractivity contribution is 6.33. The molecule has 3 aromatic rings. The lowest BCUT2D eigenvalue weighted by atomic mass is 10.1. The second kappa shape index (κ2) is 7.33. The van der Waals surface area contributed by atoms with Gasteiger partial charge in [0.15, 0.2) is 11.4 Å². The number of fused-ring (bicyclic) bond motifs is 2. The topological polar surface area (TPSA) is 83.5 Å². The summed E-state index contributed by atoms with van der Waals surface area (Å²) in [6, 6.07) is 13.7. The molecule has 7 nitrogen and oxygen atoms in total. The Morgan fingerprint density at radius 1 is 0.800 bits per heavy atom. The zero-order chi connectivity index (χ0) is 21.6. The van der Waals surface area contributed by atoms with Crippen LogP contribution >= 0.6 is 0 Å². The number of aromatic nitrogens is 2. The Labute approximate surface area is 174 Å². The Balaban J connectivity index is 1.66. The maximum absolute atomic E-state index is 12.9. The van der Waals surface area contributed by atoms with Crippen LogP contribution in [0, 0.1) is 0 Å². The summed E-state index contributed by atoms with van der Waals surface area (Å²) in [6.45, 7) is 7.87. The molecule has 4 rings (SSSR count). The van der Waals surface area contributed by atoms with E-state index in [9.17, 15) is 14.4 Å². The molecule has 0 radical (unpaired) electrons. The number of rotatable bonds is 4. The minimum absolute atomic E-state index is 0.0460. The summed E-state index contributed by atoms with van der Waals surface area (Å²) in [5.74, 6) is -1.12. The molecular formula is C23H22N4O3. The summed E-state index contributed by atoms with van der Waals surface area (Å²) >= 11 is 0. The van der Waals surface area contributed by atoms with E-state index in [2.05, 4.69) is 9.97 Å². The summed E-state index contributed by atoms with van der Waals surface area (Å²) in [5.41, 5.74) is 2.09. The number of amides is 3. The molecule has 7 heteroatoms. The van der Waals surface area contributed by atoms with E-state index < -0.39 is 11.8 Å². The molecule has 152 valence electrons. The number of carbonyl (C=O) groups excluding carboxylic acids is 3. The third kappa shape index (κ3) is 3.12. The van der Waals surface area contributed by atoms with Gasteiger partial charge in [0.25, 0.3) is 17.7 Å². The van der Waals surface area contributed by atoms with Crippen molar-refractivity contribution in [3.8, 4) is 0 Å². The van der Waals surface area contributed by atoms with Crippen LogP contribution in [0.5, 0.6) is 0 Å². The highest BCUT2D eigenvalue weighted by atomic mass is 16.2. The second-order valence-corrected chi connectivity index (χ2v) is 7.80. The second-order valence-electron chi connectivity index (χ2n) is 7.80. The Bertz CT molecular complexity index is 1110. The fourth-order valence-corrected chi connectivity index (χ4v) is 3.80. The number of carbonyl (C=O) groups is 3. The maximum Gasteiger partial charge on any atom is 0.286 e. The van der Waals surface area contributed by atoms with Gasteiger partial charge in [0.1, 0.15) is 0 Å². The van der Waals surface area contributed by atoms with Crippen LogP contribution in [0.3, 0.4) is 0 Å². The van der Waals surface area contributed by atoms with E-state index in [0.717, 1.165) is 4.90 Å². The highest BCUT2D eigenvalue weighted by Gasteiger charge is 2.40. The van der Waals surface area contributed by atoms with Crippen LogP contribution in [-0.4, -0.2) is 44.7 Å². The van der Waals surface area contributed by atoms with Crippen molar-refractivity contribution in [1.82, 2.24) is 14.9 Å². The Morgan fingerprint density at radius 3 is 1.70 bits per heavy atom. The molecule has 0 fully saturated rings. The molecule has 0 bridgehead atoms. The van der Waals surface area contributed by atoms with Gasteiger partial charge in [-0.1, -0.05) is 12.1 Å². The van der Waals surface area contributed by atoms with Gasteiger partial charge in [0.2, 0.25) is 0 Å². The average molecular weight is 402 g/mol. The molecule has 2 heterocycles. The van der Waals surface area contributed by atoms with E-state index in [1.165, 1.54) is 0 Å². The third-order valence-electron chi connectivity index (χ3n) is 5.10. The van der Waals surface area contributed by atoms with Crippen LogP contribution < -0.4 is 4.90 Å². The quantitative estimate of drug-likeness (QED) is 0.622. The van der Waals surface area contributed by atoms with E-state index in [0.29, 0.717) is 22.3 Å². The first-order valence-corrected chi connectivity index (χ1v) is 9.88. The van der Waals surface area contributed by atoms with Crippen LogP contribution in [0.15, 0.2) is 48.5 Å². The normalized spacial score (nSPS) is 13.5. The third-order valence-corrected chi connectivity index (χ3v) is 5.10. The van der Waals surface area contributed by atoms with Crippen LogP contribution in [0.25, 0.3) is 11.0 Å². The first kappa shape index (κ1) is 19.7. The van der Waals surface area contributed by atoms with Gasteiger partial charge in [-0.25, -0.2) is 14.9 Å². The minimum atomic E-state index is -0.515. The molecule has 1 aromatic heterocycles. The monoisotopic (exact) mass is 402 g/mol. The summed E-state index contributed by atoms with van der Waals surface area (Å²) in [5, 5.41) is 0. The molecule has 0 atom stereocenters. The number of benzene rings is 2. The largest absolute Gasteiger partial charge is 0.334 e. The fraction of sp³-hybridized carbons (Fsp3) is 0.261. The van der Waals surface area contributed by atoms with E-state index in [1.54, 1.807) is 53.4 Å². The van der Waals surface area contributed by atoms with E-state index >= 15 is 0 Å². The predicted octanol–water partition coefficient (Wildman–Crippen LogP) is 3.69. The van der Waals surface area contributed by atoms with E-state index in [1.807, 2.05) is 27.7 Å². The zero-order valence-corrected chi connectivity index (χ0v) is 17.3. The number of hydrogen-bond donors (Lipinski definition) is 0. The molecule has 0 aliphatic carbocycles. The number of nitrogens with zero attached hydrogens (tertiary/aromatic N) is 4. The average Bonchev–Trinajstić information content (AvgIpc) is 2.95. The Kier molecular flexibility index (Phi) is 4.81. The first-order chi connectivity index (χ1) is 14.3. The van der Waals surface area contributed by atoms with Gasteiger partial charge in [-0.05, 0) is 64.1 Å². The Morgan fingerprint density at radius 2 is 1.27 bits per heavy atom. The lowest BCUT2D eigenvalue weighted by Gasteiger charge is -2.31. The molecule has 0 saturated carbocycles. The SMILES string of the molecule is CC(C)N(C(=O)c1ccc(N2C(=O)c3nc4ccccc4nc3C2=O)cc1)C(C)C. The molecule has 0 spiro atoms. The first-order valence-electron chi connectivity index (χ1n) is 9.88. The van der Waals surface area contributed by atoms with Crippen molar-refractivity contribution in [2.45, 2.75) is 39.8 Å². The lowest BCUT2D eigenvalue weighted by molar-refractivity contribution is 0.0643. The van der Waals surface area contributed by atoms with Gasteiger partial charge in [-0.3, -0.25) is 14.4 Å². The standard InChI is InChI=1S/C23H22N4O3/c1-13(2)26(14(3)4)21(28)15-9-11-16(12-10-15)27-22(29)19-20(23(27)30)25-18-8-6-5-7-17(18)24-19/h5-14H,1-4H3. The summed E-state index contributed by atoms with van der Waals surface area (Å²) in [7, 11) is 0. The van der Waals surface area contributed by atoms with Gasteiger partial charge in [-0.15, -0.1) is 0 Å². The maximum atomic E-state index is 12.9. The van der Waals surface area contributed by atoms with Gasteiger partial charge in [0, 0.05) is 17.6 Å². The number of anilines is 1. The molecule has 1 aliphatic heterocycles. The fourth-order valence-electron chi connectivity index (χ4n) is 3.80. The van der Waals surface area contributed by atoms with Crippen molar-refractivity contribution < 1.29 is 14.4 Å². The van der Waals surface area contributed by atoms with Gasteiger partial charge in [-0.2, -0.15) is 0 Å². The van der Waals surface area contributed by atoms with E-state index in [4.69, 9.17) is 0 Å². The molecule has 0 saturated heterocycles. The smallest absolute Gasteiger partial charge is 0.286 e. The van der Waals surface area contributed by atoms with Crippen molar-refractivity contribution in [2.24, 2.45) is 0 Å². The van der Waals surface area contributed by atoms with Crippen molar-refractivity contribution in [2.75, 3.05) is 4.90 Å². The van der Waals surface area contributed by atoms with Crippen molar-refractivity contribution in [3.05, 3.63) is 65.5 Å². The highest BCUT2D eigenvalue weighted by Crippen LogP contribution is 2.28. The summed E-state index contributed by atoms with van der Waals surface area (Å²) in [6.07, 6.45) is 0. The van der Waals surface area contributed by atoms with Crippen LogP contribution in [0.1, 0.15) is 59.0 Å². The van der Waals surface area contributed by atoms with Crippen LogP contribution in [0.4, 0.5) is 5.69 Å². The van der Waals surface area contributed by atoms with Crippen molar-refractivity contribution >= 4 is 34.4 Å². The molecule has 3 amide bonds. The molecule has 0 N–H and O–H groups in total.